The monoisotopic (exact) mass is 1360 g/mol. The van der Waals surface area contributed by atoms with Gasteiger partial charge in [-0.05, 0) is 254 Å². The van der Waals surface area contributed by atoms with E-state index >= 15 is 0 Å². The second kappa shape index (κ2) is 24.6. The van der Waals surface area contributed by atoms with E-state index in [1.54, 1.807) is 0 Å². The van der Waals surface area contributed by atoms with Gasteiger partial charge < -0.3 is 18.6 Å². The molecule has 4 aliphatic rings. The van der Waals surface area contributed by atoms with Gasteiger partial charge in [-0.3, -0.25) is 4.79 Å². The molecule has 0 spiro atoms. The Hall–Kier alpha value is -8.72. The molecular weight excluding hydrogens is 1270 g/mol. The average Bonchev–Trinajstić information content (AvgIpc) is 1.63. The van der Waals surface area contributed by atoms with Gasteiger partial charge in [-0.25, -0.2) is 0 Å². The Morgan fingerprint density at radius 1 is 0.303 bits per heavy atom. The first-order chi connectivity index (χ1) is 47.3. The van der Waals surface area contributed by atoms with E-state index in [1.165, 1.54) is 109 Å². The largest absolute Gasteiger partial charge is 0.495 e. The molecule has 17 rings (SSSR count). The van der Waals surface area contributed by atoms with Crippen molar-refractivity contribution in [1.29, 1.82) is 0 Å². The zero-order valence-electron chi connectivity index (χ0n) is 59.9. The number of allylic oxidation sites excluding steroid dienone is 4. The smallest absolute Gasteiger partial charge is 0.399 e. The molecule has 5 nitrogen and oxygen atoms in total. The summed E-state index contributed by atoms with van der Waals surface area (Å²) in [6.07, 6.45) is 0. The van der Waals surface area contributed by atoms with Gasteiger partial charge >= 0.3 is 14.2 Å². The highest BCUT2D eigenvalue weighted by Gasteiger charge is 2.53. The van der Waals surface area contributed by atoms with Crippen LogP contribution < -0.4 is 10.9 Å². The number of carbonyl (C=O) groups is 1. The fourth-order valence-electron chi connectivity index (χ4n) is 16.1. The average molecular weight is 1360 g/mol. The molecular formula is C91H85B2BrO5. The first-order valence-corrected chi connectivity index (χ1v) is 36.0. The van der Waals surface area contributed by atoms with Crippen molar-refractivity contribution in [3.05, 3.63) is 272 Å². The SMILES string of the molecule is CC(C)c1cccc(C(C)C)c1-c1ccc2c3ccc(B4OC(C)(C)C(C)(C)O4)c4cccc(c5cccc1c52)c43.Cc1cccc(C)c1-c1ccc(B2OC(C)(C)C(C)(C)O2)c2ccccc12.Cc1ccccc1C1=C2C(=C(c3ccccc3C)C1=O)c1ccc(Br)c3cccc2c13. The quantitative estimate of drug-likeness (QED) is 0.0862. The van der Waals surface area contributed by atoms with Crippen molar-refractivity contribution in [2.24, 2.45) is 0 Å². The van der Waals surface area contributed by atoms with E-state index in [9.17, 15) is 4.79 Å². The number of aryl methyl sites for hydroxylation is 4. The first-order valence-electron chi connectivity index (χ1n) is 35.2. The van der Waals surface area contributed by atoms with Gasteiger partial charge in [0.25, 0.3) is 0 Å². The van der Waals surface area contributed by atoms with E-state index in [-0.39, 0.29) is 35.3 Å². The highest BCUT2D eigenvalue weighted by Crippen LogP contribution is 2.58. The summed E-state index contributed by atoms with van der Waals surface area (Å²) in [5.41, 5.74) is 21.9. The minimum atomic E-state index is -0.397. The minimum absolute atomic E-state index is 0.124. The highest BCUT2D eigenvalue weighted by molar-refractivity contribution is 9.10. The summed E-state index contributed by atoms with van der Waals surface area (Å²) in [5, 5.41) is 15.2. The minimum Gasteiger partial charge on any atom is -0.399 e. The number of fused-ring (bicyclic) bond motifs is 6. The van der Waals surface area contributed by atoms with Crippen LogP contribution >= 0.6 is 15.9 Å². The van der Waals surface area contributed by atoms with Gasteiger partial charge in [0.1, 0.15) is 0 Å². The normalized spacial score (nSPS) is 16.6. The van der Waals surface area contributed by atoms with Gasteiger partial charge in [0.2, 0.25) is 0 Å². The number of benzene rings is 13. The molecule has 2 aliphatic heterocycles. The summed E-state index contributed by atoms with van der Waals surface area (Å²) in [6, 6.07) is 76.2. The Kier molecular flexibility index (Phi) is 16.4. The van der Waals surface area contributed by atoms with Crippen molar-refractivity contribution >= 4 is 134 Å². The Bertz CT molecular complexity index is 5390. The van der Waals surface area contributed by atoms with Crippen LogP contribution in [0.2, 0.25) is 0 Å². The zero-order chi connectivity index (χ0) is 69.5. The van der Waals surface area contributed by atoms with Crippen molar-refractivity contribution in [2.45, 2.75) is 145 Å². The lowest BCUT2D eigenvalue weighted by atomic mass is 9.74. The van der Waals surface area contributed by atoms with E-state index < -0.39 is 7.12 Å². The van der Waals surface area contributed by atoms with Gasteiger partial charge in [0, 0.05) is 26.8 Å². The van der Waals surface area contributed by atoms with Crippen LogP contribution in [0.25, 0.3) is 109 Å². The molecule has 2 aliphatic carbocycles. The molecule has 0 N–H and O–H groups in total. The molecule has 99 heavy (non-hydrogen) atoms. The molecule has 492 valence electrons. The number of rotatable bonds is 8. The Morgan fingerprint density at radius 3 is 1.20 bits per heavy atom. The van der Waals surface area contributed by atoms with Crippen LogP contribution in [0.15, 0.2) is 217 Å². The fourth-order valence-corrected chi connectivity index (χ4v) is 16.6. The van der Waals surface area contributed by atoms with E-state index in [2.05, 4.69) is 315 Å². The Labute approximate surface area is 593 Å². The summed E-state index contributed by atoms with van der Waals surface area (Å²) >= 11 is 3.73. The van der Waals surface area contributed by atoms with E-state index in [1.807, 2.05) is 24.3 Å². The number of hydrogen-bond acceptors (Lipinski definition) is 5. The summed E-state index contributed by atoms with van der Waals surface area (Å²) < 4.78 is 26.8. The molecule has 0 aromatic heterocycles. The highest BCUT2D eigenvalue weighted by atomic mass is 79.9. The van der Waals surface area contributed by atoms with Crippen LogP contribution in [-0.2, 0) is 23.4 Å². The van der Waals surface area contributed by atoms with Gasteiger partial charge in [0.15, 0.2) is 5.78 Å². The maximum absolute atomic E-state index is 14.1. The van der Waals surface area contributed by atoms with E-state index in [0.29, 0.717) is 11.8 Å². The van der Waals surface area contributed by atoms with Crippen LogP contribution in [0.1, 0.15) is 151 Å². The summed E-state index contributed by atoms with van der Waals surface area (Å²) in [5.74, 6) is 1.01. The second-order valence-electron chi connectivity index (χ2n) is 30.4. The number of hydrogen-bond donors (Lipinski definition) is 0. The van der Waals surface area contributed by atoms with Crippen molar-refractivity contribution in [3.8, 4) is 22.3 Å². The van der Waals surface area contributed by atoms with Crippen LogP contribution in [0.3, 0.4) is 0 Å². The van der Waals surface area contributed by atoms with Crippen molar-refractivity contribution in [2.75, 3.05) is 0 Å². The van der Waals surface area contributed by atoms with Crippen molar-refractivity contribution < 1.29 is 23.4 Å². The molecule has 8 heteroatoms. The Balaban J connectivity index is 0.000000124. The summed E-state index contributed by atoms with van der Waals surface area (Å²) in [4.78, 5) is 14.1. The molecule has 13 aromatic rings. The van der Waals surface area contributed by atoms with Gasteiger partial charge in [-0.2, -0.15) is 0 Å². The maximum Gasteiger partial charge on any atom is 0.495 e. The fraction of sp³-hybridized carbons (Fsp3) is 0.242. The van der Waals surface area contributed by atoms with E-state index in [0.717, 1.165) is 71.1 Å². The summed E-state index contributed by atoms with van der Waals surface area (Å²) in [7, 11) is -0.752. The van der Waals surface area contributed by atoms with Crippen molar-refractivity contribution in [1.82, 2.24) is 0 Å². The molecule has 0 saturated carbocycles. The maximum atomic E-state index is 14.1. The predicted molar refractivity (Wildman–Crippen MR) is 424 cm³/mol. The Morgan fingerprint density at radius 2 is 0.657 bits per heavy atom. The number of ketones is 1. The number of carbonyl (C=O) groups excluding carboxylic acids is 1. The first kappa shape index (κ1) is 66.2. The standard InChI is InChI=1S/C38H39BO2.C29H19BrO.C24H27BO2/c1-22(2)24-12-9-13-25(23(3)4)34(24)29-18-19-30-31-20-21-33(39-40-37(5,6)38(7,8)41-39)32-17-11-16-27(36(31)32)26-14-10-15-28(29)35(26)30;1-16-8-3-5-10-18(16)27-25-21-13-7-12-20-23(30)15-14-22(24(20)21)26(25)28(29(27)31)19-11-6-4-9-17(19)2;1-16-10-9-11-17(2)22(16)20-14-15-21(19-13-8-7-12-18(19)20)25-26-23(3,4)24(5,6)27-25/h9-23H,1-8H3;3-15H,1-2H3;7-15H,1-6H3. The lowest BCUT2D eigenvalue weighted by molar-refractivity contribution is -0.108. The number of Topliss-reactive ketones (excluding diaryl/α,β-unsaturated/α-hetero) is 1. The van der Waals surface area contributed by atoms with E-state index in [4.69, 9.17) is 18.6 Å². The molecule has 2 heterocycles. The van der Waals surface area contributed by atoms with Gasteiger partial charge in [0.05, 0.1) is 22.4 Å². The summed E-state index contributed by atoms with van der Waals surface area (Å²) in [6.45, 7) is 34.6. The van der Waals surface area contributed by atoms with Crippen LogP contribution in [0.5, 0.6) is 0 Å². The van der Waals surface area contributed by atoms with Gasteiger partial charge in [-0.1, -0.05) is 250 Å². The molecule has 2 fully saturated rings. The molecule has 2 saturated heterocycles. The van der Waals surface area contributed by atoms with Crippen LogP contribution in [0, 0.1) is 27.7 Å². The molecule has 0 amide bonds. The lowest BCUT2D eigenvalue weighted by Crippen LogP contribution is -2.41. The topological polar surface area (TPSA) is 54.0 Å². The molecule has 13 aromatic carbocycles. The molecule has 0 unspecified atom stereocenters. The van der Waals surface area contributed by atoms with Crippen molar-refractivity contribution in [3.63, 3.8) is 0 Å². The zero-order valence-corrected chi connectivity index (χ0v) is 61.5. The molecule has 0 atom stereocenters. The second-order valence-corrected chi connectivity index (χ2v) is 31.3. The molecule has 0 bridgehead atoms. The number of halogens is 1. The third-order valence-corrected chi connectivity index (χ3v) is 23.3. The third-order valence-electron chi connectivity index (χ3n) is 22.6. The van der Waals surface area contributed by atoms with Crippen LogP contribution in [0.4, 0.5) is 0 Å². The third kappa shape index (κ3) is 10.7. The molecule has 0 radical (unpaired) electrons. The lowest BCUT2D eigenvalue weighted by Gasteiger charge is -2.32. The van der Waals surface area contributed by atoms with Crippen LogP contribution in [-0.4, -0.2) is 42.4 Å². The predicted octanol–water partition coefficient (Wildman–Crippen LogP) is 23.0. The van der Waals surface area contributed by atoms with Gasteiger partial charge in [-0.15, -0.1) is 0 Å².